The van der Waals surface area contributed by atoms with Crippen LogP contribution in [0.5, 0.6) is 5.75 Å². The van der Waals surface area contributed by atoms with E-state index in [9.17, 15) is 0 Å². The smallest absolute Gasteiger partial charge is 0.134 e. The Balaban J connectivity index is 0.00000176. The highest BCUT2D eigenvalue weighted by molar-refractivity contribution is 7.12. The van der Waals surface area contributed by atoms with E-state index < -0.39 is 0 Å². The van der Waals surface area contributed by atoms with Gasteiger partial charge >= 0.3 is 0 Å². The average molecular weight is 334 g/mol. The number of thiophene rings is 1. The summed E-state index contributed by atoms with van der Waals surface area (Å²) in [6.07, 6.45) is 0.850. The maximum atomic E-state index is 6.30. The summed E-state index contributed by atoms with van der Waals surface area (Å²) in [6, 6.07) is 18.8. The second-order valence-corrected chi connectivity index (χ2v) is 6.43. The van der Waals surface area contributed by atoms with E-state index >= 15 is 0 Å². The maximum absolute atomic E-state index is 6.30. The van der Waals surface area contributed by atoms with Crippen LogP contribution in [0.2, 0.25) is 0 Å². The molecule has 0 aliphatic rings. The molecule has 0 aliphatic carbocycles. The summed E-state index contributed by atoms with van der Waals surface area (Å²) in [7, 11) is 0. The van der Waals surface area contributed by atoms with Crippen LogP contribution in [0.3, 0.4) is 0 Å². The summed E-state index contributed by atoms with van der Waals surface area (Å²) in [4.78, 5) is 2.54. The lowest BCUT2D eigenvalue weighted by atomic mass is 10.1. The van der Waals surface area contributed by atoms with E-state index in [1.54, 1.807) is 11.3 Å². The Kier molecular flexibility index (Phi) is 5.83. The third kappa shape index (κ3) is 3.61. The quantitative estimate of drug-likeness (QED) is 0.705. The molecule has 0 saturated heterocycles. The third-order valence-corrected chi connectivity index (χ3v) is 4.62. The molecule has 0 radical (unpaired) electrons. The second-order valence-electron chi connectivity index (χ2n) is 5.11. The van der Waals surface area contributed by atoms with Gasteiger partial charge in [-0.2, -0.15) is 0 Å². The molecule has 1 atom stereocenters. The van der Waals surface area contributed by atoms with Gasteiger partial charge in [-0.15, -0.1) is 23.7 Å². The summed E-state index contributed by atoms with van der Waals surface area (Å²) in [5, 5.41) is 2.35. The normalized spacial score (nSPS) is 11.9. The van der Waals surface area contributed by atoms with Crippen LogP contribution < -0.4 is 10.5 Å². The Morgan fingerprint density at radius 2 is 1.82 bits per heavy atom. The van der Waals surface area contributed by atoms with Crippen molar-refractivity contribution >= 4 is 34.5 Å². The lowest BCUT2D eigenvalue weighted by Gasteiger charge is -2.18. The van der Waals surface area contributed by atoms with E-state index in [0.717, 1.165) is 17.6 Å². The van der Waals surface area contributed by atoms with Crippen LogP contribution in [0.25, 0.3) is 10.8 Å². The van der Waals surface area contributed by atoms with Gasteiger partial charge in [-0.3, -0.25) is 0 Å². The Morgan fingerprint density at radius 3 is 2.55 bits per heavy atom. The molecule has 0 aliphatic heterocycles. The van der Waals surface area contributed by atoms with Gasteiger partial charge in [0.15, 0.2) is 0 Å². The molecule has 1 aromatic heterocycles. The zero-order valence-corrected chi connectivity index (χ0v) is 14.1. The van der Waals surface area contributed by atoms with Gasteiger partial charge in [-0.05, 0) is 37.1 Å². The second kappa shape index (κ2) is 7.63. The van der Waals surface area contributed by atoms with E-state index in [1.165, 1.54) is 15.1 Å². The predicted molar refractivity (Wildman–Crippen MR) is 97.3 cm³/mol. The van der Waals surface area contributed by atoms with Crippen molar-refractivity contribution in [3.8, 4) is 5.75 Å². The summed E-state index contributed by atoms with van der Waals surface area (Å²) in [5.41, 5.74) is 5.76. The fourth-order valence-corrected chi connectivity index (χ4v) is 3.43. The molecule has 4 heteroatoms. The molecule has 0 saturated carbocycles. The highest BCUT2D eigenvalue weighted by atomic mass is 35.5. The molecule has 0 bridgehead atoms. The first kappa shape index (κ1) is 16.8. The Labute approximate surface area is 141 Å². The summed E-state index contributed by atoms with van der Waals surface area (Å²) < 4.78 is 6.30. The molecule has 2 nitrogen and oxygen atoms in total. The lowest BCUT2D eigenvalue weighted by Crippen LogP contribution is -2.12. The van der Waals surface area contributed by atoms with Gasteiger partial charge in [-0.25, -0.2) is 0 Å². The van der Waals surface area contributed by atoms with E-state index in [4.69, 9.17) is 10.5 Å². The molecule has 0 amide bonds. The topological polar surface area (TPSA) is 35.2 Å². The zero-order chi connectivity index (χ0) is 14.7. The minimum Gasteiger partial charge on any atom is -0.484 e. The zero-order valence-electron chi connectivity index (χ0n) is 12.5. The largest absolute Gasteiger partial charge is 0.484 e. The minimum atomic E-state index is 0. The van der Waals surface area contributed by atoms with Crippen molar-refractivity contribution in [2.45, 2.75) is 19.4 Å². The van der Waals surface area contributed by atoms with Crippen LogP contribution in [-0.4, -0.2) is 6.54 Å². The van der Waals surface area contributed by atoms with E-state index in [1.807, 2.05) is 24.3 Å². The molecule has 0 spiro atoms. The third-order valence-electron chi connectivity index (χ3n) is 3.53. The number of nitrogens with two attached hydrogens (primary N) is 1. The molecule has 1 heterocycles. The predicted octanol–water partition coefficient (Wildman–Crippen LogP) is 5.10. The number of aryl methyl sites for hydroxylation is 1. The van der Waals surface area contributed by atoms with E-state index in [2.05, 4.69) is 37.3 Å². The first-order chi connectivity index (χ1) is 10.3. The lowest BCUT2D eigenvalue weighted by molar-refractivity contribution is 0.204. The number of hydrogen-bond donors (Lipinski definition) is 1. The van der Waals surface area contributed by atoms with Crippen molar-refractivity contribution in [1.82, 2.24) is 0 Å². The summed E-state index contributed by atoms with van der Waals surface area (Å²) in [5.74, 6) is 0.928. The maximum Gasteiger partial charge on any atom is 0.134 e. The van der Waals surface area contributed by atoms with Crippen LogP contribution in [0, 0.1) is 6.92 Å². The number of ether oxygens (including phenoxy) is 1. The molecular formula is C18H20ClNOS. The van der Waals surface area contributed by atoms with Gasteiger partial charge in [0.2, 0.25) is 0 Å². The van der Waals surface area contributed by atoms with Crippen LogP contribution >= 0.6 is 23.7 Å². The Morgan fingerprint density at radius 1 is 1.05 bits per heavy atom. The van der Waals surface area contributed by atoms with Crippen LogP contribution in [0.15, 0.2) is 54.6 Å². The first-order valence-electron chi connectivity index (χ1n) is 7.19. The van der Waals surface area contributed by atoms with Gasteiger partial charge in [-0.1, -0.05) is 36.4 Å². The van der Waals surface area contributed by atoms with E-state index in [-0.39, 0.29) is 18.5 Å². The molecule has 2 N–H and O–H groups in total. The standard InChI is InChI=1S/C18H19NOS.ClH/c1-13-9-10-18(21-13)17(11-12-19)20-16-8-4-6-14-5-2-3-7-15(14)16;/h2-10,17H,11-12,19H2,1H3;1H. The number of fused-ring (bicyclic) bond motifs is 1. The fourth-order valence-electron chi connectivity index (χ4n) is 2.49. The van der Waals surface area contributed by atoms with Gasteiger partial charge in [0.05, 0.1) is 0 Å². The number of halogens is 1. The van der Waals surface area contributed by atoms with E-state index in [0.29, 0.717) is 6.54 Å². The number of benzene rings is 2. The van der Waals surface area contributed by atoms with Gasteiger partial charge in [0, 0.05) is 21.6 Å². The fraction of sp³-hybridized carbons (Fsp3) is 0.222. The number of rotatable bonds is 5. The Hall–Kier alpha value is -1.55. The monoisotopic (exact) mass is 333 g/mol. The number of hydrogen-bond acceptors (Lipinski definition) is 3. The van der Waals surface area contributed by atoms with Gasteiger partial charge in [0.25, 0.3) is 0 Å². The van der Waals surface area contributed by atoms with Crippen LogP contribution in [-0.2, 0) is 0 Å². The SMILES string of the molecule is Cc1ccc(C(CCN)Oc2cccc3ccccc23)s1.Cl. The van der Waals surface area contributed by atoms with Crippen LogP contribution in [0.1, 0.15) is 22.3 Å². The molecule has 3 rings (SSSR count). The summed E-state index contributed by atoms with van der Waals surface area (Å²) in [6.45, 7) is 2.73. The van der Waals surface area contributed by atoms with Gasteiger partial charge in [0.1, 0.15) is 11.9 Å². The molecular weight excluding hydrogens is 314 g/mol. The molecule has 22 heavy (non-hydrogen) atoms. The highest BCUT2D eigenvalue weighted by Gasteiger charge is 2.15. The Bertz CT molecular complexity index is 735. The molecule has 1 unspecified atom stereocenters. The minimum absolute atomic E-state index is 0. The van der Waals surface area contributed by atoms with Crippen molar-refractivity contribution in [3.63, 3.8) is 0 Å². The van der Waals surface area contributed by atoms with Crippen molar-refractivity contribution in [1.29, 1.82) is 0 Å². The summed E-state index contributed by atoms with van der Waals surface area (Å²) >= 11 is 1.78. The van der Waals surface area contributed by atoms with Gasteiger partial charge < -0.3 is 10.5 Å². The molecule has 3 aromatic rings. The first-order valence-corrected chi connectivity index (χ1v) is 8.00. The highest BCUT2D eigenvalue weighted by Crippen LogP contribution is 2.33. The van der Waals surface area contributed by atoms with Crippen molar-refractivity contribution in [3.05, 3.63) is 64.4 Å². The average Bonchev–Trinajstić information content (AvgIpc) is 2.94. The molecule has 2 aromatic carbocycles. The van der Waals surface area contributed by atoms with Crippen molar-refractivity contribution < 1.29 is 4.74 Å². The molecule has 116 valence electrons. The van der Waals surface area contributed by atoms with Crippen molar-refractivity contribution in [2.75, 3.05) is 6.54 Å². The molecule has 0 fully saturated rings. The van der Waals surface area contributed by atoms with Crippen LogP contribution in [0.4, 0.5) is 0 Å². The van der Waals surface area contributed by atoms with Crippen molar-refractivity contribution in [2.24, 2.45) is 5.73 Å².